The van der Waals surface area contributed by atoms with Gasteiger partial charge in [0.2, 0.25) is 0 Å². The van der Waals surface area contributed by atoms with Crippen molar-refractivity contribution in [1.29, 1.82) is 0 Å². The van der Waals surface area contributed by atoms with Crippen LogP contribution in [0, 0.1) is 0 Å². The maximum atomic E-state index is 6.39. The maximum absolute atomic E-state index is 6.39. The lowest BCUT2D eigenvalue weighted by molar-refractivity contribution is 0.203. The van der Waals surface area contributed by atoms with Gasteiger partial charge >= 0.3 is 0 Å². The highest BCUT2D eigenvalue weighted by molar-refractivity contribution is 6.30. The Morgan fingerprint density at radius 3 is 2.32 bits per heavy atom. The summed E-state index contributed by atoms with van der Waals surface area (Å²) < 4.78 is 11.2. The predicted molar refractivity (Wildman–Crippen MR) is 127 cm³/mol. The number of fused-ring (bicyclic) bond motifs is 1. The standard InChI is InChI=1S/C27H30ClNO2/c1-18(2)20-10-8-19(9-11-20)17-29-13-12-21-15-25(30-3)26(31-4)16-24(21)27(29)22-6-5-7-23(28)14-22/h5-11,14-16,18,27H,12-13,17H2,1-4H3/t27-/m0/s1. The van der Waals surface area contributed by atoms with Crippen molar-refractivity contribution in [2.24, 2.45) is 0 Å². The van der Waals surface area contributed by atoms with Crippen LogP contribution in [0.4, 0.5) is 0 Å². The minimum Gasteiger partial charge on any atom is -0.493 e. The number of benzene rings is 3. The second-order valence-corrected chi connectivity index (χ2v) is 8.92. The highest BCUT2D eigenvalue weighted by Crippen LogP contribution is 2.42. The van der Waals surface area contributed by atoms with E-state index in [2.05, 4.69) is 67.3 Å². The summed E-state index contributed by atoms with van der Waals surface area (Å²) in [7, 11) is 3.38. The monoisotopic (exact) mass is 435 g/mol. The van der Waals surface area contributed by atoms with Crippen LogP contribution in [0.25, 0.3) is 0 Å². The molecule has 3 aromatic carbocycles. The molecule has 0 aromatic heterocycles. The van der Waals surface area contributed by atoms with Gasteiger partial charge in [0.15, 0.2) is 11.5 Å². The molecule has 1 heterocycles. The fraction of sp³-hybridized carbons (Fsp3) is 0.333. The molecule has 0 aliphatic carbocycles. The van der Waals surface area contributed by atoms with Gasteiger partial charge in [0.1, 0.15) is 0 Å². The summed E-state index contributed by atoms with van der Waals surface area (Å²) in [5.74, 6) is 2.08. The zero-order valence-electron chi connectivity index (χ0n) is 18.7. The molecular formula is C27H30ClNO2. The lowest BCUT2D eigenvalue weighted by Crippen LogP contribution is -2.35. The number of rotatable bonds is 6. The summed E-state index contributed by atoms with van der Waals surface area (Å²) in [5, 5.41) is 0.756. The zero-order chi connectivity index (χ0) is 22.0. The van der Waals surface area contributed by atoms with Crippen molar-refractivity contribution >= 4 is 11.6 Å². The van der Waals surface area contributed by atoms with Crippen LogP contribution in [-0.2, 0) is 13.0 Å². The van der Waals surface area contributed by atoms with Crippen LogP contribution in [0.15, 0.2) is 60.7 Å². The molecule has 0 radical (unpaired) electrons. The molecule has 4 rings (SSSR count). The SMILES string of the molecule is COc1cc2c(cc1OC)[C@H](c1cccc(Cl)c1)N(Cc1ccc(C(C)C)cc1)CC2. The van der Waals surface area contributed by atoms with E-state index in [0.29, 0.717) is 5.92 Å². The zero-order valence-corrected chi connectivity index (χ0v) is 19.4. The third-order valence-corrected chi connectivity index (χ3v) is 6.41. The summed E-state index contributed by atoms with van der Waals surface area (Å²) in [4.78, 5) is 2.53. The van der Waals surface area contributed by atoms with Crippen LogP contribution in [0.3, 0.4) is 0 Å². The number of hydrogen-bond donors (Lipinski definition) is 0. The fourth-order valence-corrected chi connectivity index (χ4v) is 4.68. The van der Waals surface area contributed by atoms with Gasteiger partial charge in [-0.25, -0.2) is 0 Å². The molecule has 1 atom stereocenters. The van der Waals surface area contributed by atoms with Crippen LogP contribution in [-0.4, -0.2) is 25.7 Å². The van der Waals surface area contributed by atoms with Gasteiger partial charge in [-0.2, -0.15) is 0 Å². The molecule has 0 amide bonds. The molecule has 1 aliphatic rings. The van der Waals surface area contributed by atoms with E-state index < -0.39 is 0 Å². The Bertz CT molecular complexity index is 1050. The molecule has 4 heteroatoms. The van der Waals surface area contributed by atoms with E-state index >= 15 is 0 Å². The van der Waals surface area contributed by atoms with Crippen LogP contribution in [0.2, 0.25) is 5.02 Å². The molecule has 0 spiro atoms. The lowest BCUT2D eigenvalue weighted by Gasteiger charge is -2.38. The molecule has 0 N–H and O–H groups in total. The van der Waals surface area contributed by atoms with E-state index in [1.54, 1.807) is 14.2 Å². The van der Waals surface area contributed by atoms with Crippen LogP contribution in [0.5, 0.6) is 11.5 Å². The quantitative estimate of drug-likeness (QED) is 0.433. The summed E-state index contributed by atoms with van der Waals surface area (Å²) in [6.45, 7) is 6.30. The number of methoxy groups -OCH3 is 2. The highest BCUT2D eigenvalue weighted by atomic mass is 35.5. The van der Waals surface area contributed by atoms with Crippen molar-refractivity contribution in [3.63, 3.8) is 0 Å². The first-order valence-electron chi connectivity index (χ1n) is 10.8. The molecule has 162 valence electrons. The van der Waals surface area contributed by atoms with E-state index in [1.165, 1.54) is 27.8 Å². The largest absolute Gasteiger partial charge is 0.493 e. The molecule has 0 saturated heterocycles. The van der Waals surface area contributed by atoms with Gasteiger partial charge in [-0.15, -0.1) is 0 Å². The molecule has 0 saturated carbocycles. The summed E-state index contributed by atoms with van der Waals surface area (Å²) in [6, 6.07) is 21.6. The minimum absolute atomic E-state index is 0.104. The van der Waals surface area contributed by atoms with E-state index in [0.717, 1.165) is 36.0 Å². The molecule has 0 fully saturated rings. The van der Waals surface area contributed by atoms with Gasteiger partial charge in [0.25, 0.3) is 0 Å². The third kappa shape index (κ3) is 4.58. The molecule has 3 aromatic rings. The second-order valence-electron chi connectivity index (χ2n) is 8.48. The Balaban J connectivity index is 1.75. The average Bonchev–Trinajstić information content (AvgIpc) is 2.78. The van der Waals surface area contributed by atoms with Gasteiger partial charge in [0.05, 0.1) is 20.3 Å². The number of nitrogens with zero attached hydrogens (tertiary/aromatic N) is 1. The summed E-state index contributed by atoms with van der Waals surface area (Å²) in [5.41, 5.74) is 6.44. The minimum atomic E-state index is 0.104. The van der Waals surface area contributed by atoms with Gasteiger partial charge < -0.3 is 9.47 Å². The van der Waals surface area contributed by atoms with Gasteiger partial charge in [-0.3, -0.25) is 4.90 Å². The average molecular weight is 436 g/mol. The molecule has 31 heavy (non-hydrogen) atoms. The van der Waals surface area contributed by atoms with Crippen LogP contribution >= 0.6 is 11.6 Å². The van der Waals surface area contributed by atoms with Crippen molar-refractivity contribution in [3.05, 3.63) is 93.5 Å². The van der Waals surface area contributed by atoms with Crippen molar-refractivity contribution in [2.45, 2.75) is 38.8 Å². The number of hydrogen-bond acceptors (Lipinski definition) is 3. The van der Waals surface area contributed by atoms with Crippen molar-refractivity contribution in [1.82, 2.24) is 4.90 Å². The molecular weight excluding hydrogens is 406 g/mol. The van der Waals surface area contributed by atoms with Crippen LogP contribution in [0.1, 0.15) is 53.6 Å². The smallest absolute Gasteiger partial charge is 0.161 e. The van der Waals surface area contributed by atoms with Gasteiger partial charge in [-0.1, -0.05) is 61.8 Å². The third-order valence-electron chi connectivity index (χ3n) is 6.17. The number of ether oxygens (including phenoxy) is 2. The Labute approximate surface area is 190 Å². The van der Waals surface area contributed by atoms with Crippen molar-refractivity contribution in [3.8, 4) is 11.5 Å². The fourth-order valence-electron chi connectivity index (χ4n) is 4.48. The number of halogens is 1. The van der Waals surface area contributed by atoms with E-state index in [1.807, 2.05) is 12.1 Å². The lowest BCUT2D eigenvalue weighted by atomic mass is 9.87. The predicted octanol–water partition coefficient (Wildman–Crippen LogP) is 6.63. The van der Waals surface area contributed by atoms with Gasteiger partial charge in [-0.05, 0) is 64.4 Å². The van der Waals surface area contributed by atoms with Crippen LogP contribution < -0.4 is 9.47 Å². The van der Waals surface area contributed by atoms with Crippen molar-refractivity contribution in [2.75, 3.05) is 20.8 Å². The second kappa shape index (κ2) is 9.33. The van der Waals surface area contributed by atoms with E-state index in [4.69, 9.17) is 21.1 Å². The Morgan fingerprint density at radius 1 is 0.968 bits per heavy atom. The van der Waals surface area contributed by atoms with Gasteiger partial charge in [0, 0.05) is 18.1 Å². The van der Waals surface area contributed by atoms with Crippen molar-refractivity contribution < 1.29 is 9.47 Å². The summed E-state index contributed by atoms with van der Waals surface area (Å²) >= 11 is 6.39. The summed E-state index contributed by atoms with van der Waals surface area (Å²) in [6.07, 6.45) is 0.969. The van der Waals surface area contributed by atoms with E-state index in [-0.39, 0.29) is 6.04 Å². The molecule has 3 nitrogen and oxygen atoms in total. The molecule has 0 unspecified atom stereocenters. The molecule has 1 aliphatic heterocycles. The molecule has 0 bridgehead atoms. The normalized spacial score (nSPS) is 16.3. The first-order chi connectivity index (χ1) is 15.0. The topological polar surface area (TPSA) is 21.7 Å². The first kappa shape index (κ1) is 21.7. The first-order valence-corrected chi connectivity index (χ1v) is 11.2. The Hall–Kier alpha value is -2.49. The van der Waals surface area contributed by atoms with E-state index in [9.17, 15) is 0 Å². The highest BCUT2D eigenvalue weighted by Gasteiger charge is 2.30. The Morgan fingerprint density at radius 2 is 1.68 bits per heavy atom. The maximum Gasteiger partial charge on any atom is 0.161 e. The Kier molecular flexibility index (Phi) is 6.54.